The van der Waals surface area contributed by atoms with Crippen LogP contribution in [-0.2, 0) is 41.1 Å². The summed E-state index contributed by atoms with van der Waals surface area (Å²) >= 11 is 2.79. The van der Waals surface area contributed by atoms with Gasteiger partial charge in [0.2, 0.25) is 5.60 Å². The number of benzene rings is 2. The summed E-state index contributed by atoms with van der Waals surface area (Å²) in [6.45, 7) is 4.56. The van der Waals surface area contributed by atoms with Gasteiger partial charge >= 0.3 is 5.97 Å². The number of aromatic hydroxyl groups is 1. The van der Waals surface area contributed by atoms with E-state index in [0.29, 0.717) is 45.7 Å². The maximum Gasteiger partial charge on any atom is 0.349 e. The van der Waals surface area contributed by atoms with Crippen molar-refractivity contribution in [3.05, 3.63) is 96.4 Å². The van der Waals surface area contributed by atoms with Crippen LogP contribution in [0.15, 0.2) is 53.9 Å². The molecule has 4 heterocycles. The summed E-state index contributed by atoms with van der Waals surface area (Å²) in [7, 11) is 2.17. The van der Waals surface area contributed by atoms with Crippen molar-refractivity contribution in [1.29, 1.82) is 0 Å². The highest BCUT2D eigenvalue weighted by Gasteiger charge is 2.45. The van der Waals surface area contributed by atoms with E-state index in [4.69, 9.17) is 4.74 Å². The first-order chi connectivity index (χ1) is 27.1. The normalized spacial score (nSPS) is 20.8. The molecule has 296 valence electrons. The zero-order valence-corrected chi connectivity index (χ0v) is 33.4. The summed E-state index contributed by atoms with van der Waals surface area (Å²) in [4.78, 5) is 18.2. The molecule has 1 fully saturated rings. The van der Waals surface area contributed by atoms with Crippen LogP contribution in [0.25, 0.3) is 17.1 Å². The fraction of sp³-hybridized carbons (Fsp3) is 0.452. The third-order valence-corrected chi connectivity index (χ3v) is 13.7. The van der Waals surface area contributed by atoms with Crippen LogP contribution < -0.4 is 10.6 Å². The van der Waals surface area contributed by atoms with Crippen molar-refractivity contribution in [2.45, 2.75) is 101 Å². The van der Waals surface area contributed by atoms with E-state index in [0.717, 1.165) is 80.4 Å². The van der Waals surface area contributed by atoms with Crippen molar-refractivity contribution in [2.24, 2.45) is 0 Å². The van der Waals surface area contributed by atoms with Crippen LogP contribution in [0.2, 0.25) is 0 Å². The number of rotatable bonds is 14. The van der Waals surface area contributed by atoms with Gasteiger partial charge in [0.15, 0.2) is 0 Å². The summed E-state index contributed by atoms with van der Waals surface area (Å²) in [5.74, 6) is -0.559. The fourth-order valence-corrected chi connectivity index (χ4v) is 10.5. The zero-order valence-electron chi connectivity index (χ0n) is 31.8. The summed E-state index contributed by atoms with van der Waals surface area (Å²) in [5.41, 5.74) is 5.86. The molecule has 3 aliphatic rings. The number of aromatic nitrogens is 3. The van der Waals surface area contributed by atoms with E-state index in [1.807, 2.05) is 30.5 Å². The SMILES string of the molecule is Cc1ccc([C@](O)(C(=O)O[C@H]2CC[C@H](N(C)CCCn3nnc4cc(CNC[C@H](O)c5ccc(O)c6c5C=CC(O)N6)c5c(c43)CCC5)CC2)c2cccs2)s1. The van der Waals surface area contributed by atoms with E-state index in [9.17, 15) is 25.2 Å². The predicted molar refractivity (Wildman–Crippen MR) is 219 cm³/mol. The van der Waals surface area contributed by atoms with E-state index < -0.39 is 23.9 Å². The zero-order chi connectivity index (χ0) is 39.0. The minimum atomic E-state index is -1.78. The summed E-state index contributed by atoms with van der Waals surface area (Å²) in [6, 6.07) is 13.2. The molecule has 0 saturated heterocycles. The van der Waals surface area contributed by atoms with E-state index in [1.54, 1.807) is 24.3 Å². The van der Waals surface area contributed by atoms with Crippen LogP contribution in [0.3, 0.4) is 0 Å². The molecule has 0 amide bonds. The molecule has 14 heteroatoms. The molecule has 1 unspecified atom stereocenters. The van der Waals surface area contributed by atoms with E-state index in [1.165, 1.54) is 45.4 Å². The largest absolute Gasteiger partial charge is 0.506 e. The summed E-state index contributed by atoms with van der Waals surface area (Å²) in [5, 5.41) is 60.4. The van der Waals surface area contributed by atoms with Gasteiger partial charge in [-0.1, -0.05) is 23.4 Å². The Labute approximate surface area is 334 Å². The average Bonchev–Trinajstić information content (AvgIpc) is 4.03. The number of aliphatic hydroxyl groups is 3. The number of esters is 1. The highest BCUT2D eigenvalue weighted by Crippen LogP contribution is 2.40. The number of anilines is 1. The number of aliphatic hydroxyl groups excluding tert-OH is 2. The summed E-state index contributed by atoms with van der Waals surface area (Å²) in [6.07, 6.45) is 8.79. The topological polar surface area (TPSA) is 165 Å². The Balaban J connectivity index is 0.837. The molecule has 1 aliphatic heterocycles. The van der Waals surface area contributed by atoms with Gasteiger partial charge in [-0.25, -0.2) is 9.48 Å². The van der Waals surface area contributed by atoms with Gasteiger partial charge in [0.25, 0.3) is 0 Å². The quantitative estimate of drug-likeness (QED) is 0.0599. The molecule has 1 saturated carbocycles. The van der Waals surface area contributed by atoms with Gasteiger partial charge in [0.05, 0.1) is 27.1 Å². The Morgan fingerprint density at radius 1 is 1.14 bits per heavy atom. The van der Waals surface area contributed by atoms with Crippen LogP contribution in [0.1, 0.15) is 87.1 Å². The highest BCUT2D eigenvalue weighted by molar-refractivity contribution is 7.13. The van der Waals surface area contributed by atoms with Gasteiger partial charge in [-0.15, -0.1) is 27.8 Å². The van der Waals surface area contributed by atoms with E-state index >= 15 is 0 Å². The van der Waals surface area contributed by atoms with Gasteiger partial charge in [-0.2, -0.15) is 0 Å². The highest BCUT2D eigenvalue weighted by atomic mass is 32.1. The molecule has 0 bridgehead atoms. The van der Waals surface area contributed by atoms with Gasteiger partial charge in [-0.05, 0) is 136 Å². The number of phenolic OH excluding ortho intramolecular Hbond substituents is 1. The molecule has 6 N–H and O–H groups in total. The fourth-order valence-electron chi connectivity index (χ4n) is 8.67. The van der Waals surface area contributed by atoms with Crippen molar-refractivity contribution < 1.29 is 30.0 Å². The Hall–Kier alpha value is -4.15. The first-order valence-electron chi connectivity index (χ1n) is 19.6. The maximum absolute atomic E-state index is 13.6. The molecule has 0 radical (unpaired) electrons. The third-order valence-electron chi connectivity index (χ3n) is 11.7. The van der Waals surface area contributed by atoms with E-state index in [2.05, 4.69) is 43.6 Å². The molecule has 12 nitrogen and oxygen atoms in total. The van der Waals surface area contributed by atoms with Crippen molar-refractivity contribution in [3.8, 4) is 5.75 Å². The number of phenols is 1. The number of carbonyl (C=O) groups is 1. The molecular formula is C42H50N6O6S2. The van der Waals surface area contributed by atoms with Crippen LogP contribution in [0.5, 0.6) is 5.75 Å². The number of carbonyl (C=O) groups excluding carboxylic acids is 1. The lowest BCUT2D eigenvalue weighted by Crippen LogP contribution is -2.42. The second kappa shape index (κ2) is 16.4. The molecule has 0 spiro atoms. The minimum absolute atomic E-state index is 0.0292. The van der Waals surface area contributed by atoms with Crippen LogP contribution in [0.4, 0.5) is 5.69 Å². The smallest absolute Gasteiger partial charge is 0.349 e. The maximum atomic E-state index is 13.6. The first-order valence-corrected chi connectivity index (χ1v) is 21.3. The van der Waals surface area contributed by atoms with Crippen LogP contribution >= 0.6 is 22.7 Å². The first kappa shape index (κ1) is 38.7. The molecule has 3 atom stereocenters. The minimum Gasteiger partial charge on any atom is -0.506 e. The number of thiophene rings is 2. The lowest BCUT2D eigenvalue weighted by atomic mass is 9.91. The third kappa shape index (κ3) is 7.63. The average molecular weight is 799 g/mol. The van der Waals surface area contributed by atoms with Crippen molar-refractivity contribution >= 4 is 51.4 Å². The van der Waals surface area contributed by atoms with Crippen LogP contribution in [0, 0.1) is 6.92 Å². The number of fused-ring (bicyclic) bond motifs is 4. The monoisotopic (exact) mass is 798 g/mol. The van der Waals surface area contributed by atoms with Crippen molar-refractivity contribution in [1.82, 2.24) is 25.2 Å². The number of ether oxygens (including phenoxy) is 1. The Kier molecular flexibility index (Phi) is 11.3. The lowest BCUT2D eigenvalue weighted by molar-refractivity contribution is -0.169. The van der Waals surface area contributed by atoms with Gasteiger partial charge in [0.1, 0.15) is 23.6 Å². The number of nitrogens with one attached hydrogen (secondary N) is 2. The second-order valence-electron chi connectivity index (χ2n) is 15.4. The van der Waals surface area contributed by atoms with E-state index in [-0.39, 0.29) is 11.9 Å². The predicted octanol–water partition coefficient (Wildman–Crippen LogP) is 5.75. The molecule has 2 aromatic carbocycles. The van der Waals surface area contributed by atoms with Gasteiger partial charge in [-0.3, -0.25) is 0 Å². The number of nitrogens with zero attached hydrogens (tertiary/aromatic N) is 4. The molecule has 8 rings (SSSR count). The van der Waals surface area contributed by atoms with Crippen LogP contribution in [-0.4, -0.2) is 84.8 Å². The molecule has 56 heavy (non-hydrogen) atoms. The standard InChI is InChI=1S/C42H50N6O6S2/c1-25-9-17-37(56-25)42(53,36-8-4-21-55-36)41(52)54-28-12-10-27(11-13-28)47(2)19-5-20-48-40-32-7-3-6-29(32)26(22-33(40)45-46-48)23-43-24-35(50)30-14-16-34(49)39-31(30)15-18-38(51)44-39/h4,8-9,14-18,21-22,27-28,35,38,43-44,49-51,53H,3,5-7,10-13,19-20,23-24H2,1-2H3/t27-,28-,35-,38?,42-/m0/s1. The van der Waals surface area contributed by atoms with Gasteiger partial charge in [0, 0.05) is 36.1 Å². The van der Waals surface area contributed by atoms with Gasteiger partial charge < -0.3 is 40.7 Å². The molecule has 5 aromatic rings. The molecule has 2 aliphatic carbocycles. The van der Waals surface area contributed by atoms with Crippen molar-refractivity contribution in [3.63, 3.8) is 0 Å². The Bertz CT molecular complexity index is 2210. The second-order valence-corrected chi connectivity index (χ2v) is 17.6. The number of hydrogen-bond donors (Lipinski definition) is 6. The molecule has 3 aromatic heterocycles. The Morgan fingerprint density at radius 3 is 2.73 bits per heavy atom. The number of hydrogen-bond acceptors (Lipinski definition) is 13. The Morgan fingerprint density at radius 2 is 1.96 bits per heavy atom. The summed E-state index contributed by atoms with van der Waals surface area (Å²) < 4.78 is 8.09. The molecular weight excluding hydrogens is 749 g/mol. The van der Waals surface area contributed by atoms with Crippen molar-refractivity contribution in [2.75, 3.05) is 25.5 Å². The number of aryl methyl sites for hydroxylation is 3. The lowest BCUT2D eigenvalue weighted by Gasteiger charge is -2.35.